The lowest BCUT2D eigenvalue weighted by atomic mass is 9.76. The number of nitrogens with zero attached hydrogens (tertiary/aromatic N) is 1. The van der Waals surface area contributed by atoms with Gasteiger partial charge in [0.05, 0.1) is 0 Å². The van der Waals surface area contributed by atoms with Gasteiger partial charge < -0.3 is 4.90 Å². The maximum atomic E-state index is 13.5. The molecule has 3 atom stereocenters. The second kappa shape index (κ2) is 7.59. The fraction of sp³-hybridized carbons (Fsp3) is 0.560. The van der Waals surface area contributed by atoms with E-state index in [-0.39, 0.29) is 11.7 Å². The maximum Gasteiger partial charge on any atom is 0.166 e. The van der Waals surface area contributed by atoms with Crippen LogP contribution in [0.15, 0.2) is 42.3 Å². The Bertz CT molecular complexity index is 818. The Morgan fingerprint density at radius 2 is 2.00 bits per heavy atom. The molecule has 1 fully saturated rings. The van der Waals surface area contributed by atoms with Crippen molar-refractivity contribution in [1.29, 1.82) is 0 Å². The Morgan fingerprint density at radius 3 is 2.82 bits per heavy atom. The Labute approximate surface area is 167 Å². The lowest BCUT2D eigenvalue weighted by Crippen LogP contribution is -2.38. The van der Waals surface area contributed by atoms with Crippen LogP contribution in [0.4, 0.5) is 4.39 Å². The van der Waals surface area contributed by atoms with Gasteiger partial charge in [0, 0.05) is 24.4 Å². The molecule has 1 saturated heterocycles. The van der Waals surface area contributed by atoms with Crippen molar-refractivity contribution in [2.75, 3.05) is 19.6 Å². The molecule has 148 valence electrons. The molecule has 3 aliphatic carbocycles. The van der Waals surface area contributed by atoms with Crippen LogP contribution < -0.4 is 0 Å². The van der Waals surface area contributed by atoms with Crippen LogP contribution in [0.25, 0.3) is 0 Å². The molecule has 1 aromatic carbocycles. The number of carbonyl (C=O) groups excluding carboxylic acids is 1. The third-order valence-electron chi connectivity index (χ3n) is 7.52. The molecule has 3 heteroatoms. The largest absolute Gasteiger partial charge is 0.303 e. The van der Waals surface area contributed by atoms with Crippen molar-refractivity contribution in [2.24, 2.45) is 17.8 Å². The Morgan fingerprint density at radius 1 is 1.14 bits per heavy atom. The summed E-state index contributed by atoms with van der Waals surface area (Å²) in [5, 5.41) is 0. The normalized spacial score (nSPS) is 30.4. The van der Waals surface area contributed by atoms with Crippen molar-refractivity contribution in [3.05, 3.63) is 58.9 Å². The molecule has 1 heterocycles. The van der Waals surface area contributed by atoms with Crippen LogP contribution in [-0.4, -0.2) is 30.3 Å². The molecule has 2 nitrogen and oxygen atoms in total. The molecule has 5 rings (SSSR count). The summed E-state index contributed by atoms with van der Waals surface area (Å²) in [6, 6.07) is 6.37. The zero-order valence-corrected chi connectivity index (χ0v) is 16.6. The van der Waals surface area contributed by atoms with Gasteiger partial charge in [0.1, 0.15) is 5.83 Å². The van der Waals surface area contributed by atoms with E-state index in [1.807, 2.05) is 6.08 Å². The summed E-state index contributed by atoms with van der Waals surface area (Å²) < 4.78 is 13.5. The fourth-order valence-corrected chi connectivity index (χ4v) is 6.12. The number of ketones is 1. The molecule has 3 unspecified atom stereocenters. The average molecular weight is 380 g/mol. The first-order valence-corrected chi connectivity index (χ1v) is 11.1. The van der Waals surface area contributed by atoms with E-state index >= 15 is 0 Å². The molecule has 0 amide bonds. The summed E-state index contributed by atoms with van der Waals surface area (Å²) in [6.07, 6.45) is 13.1. The van der Waals surface area contributed by atoms with Crippen molar-refractivity contribution in [3.8, 4) is 0 Å². The molecule has 0 radical (unpaired) electrons. The lowest BCUT2D eigenvalue weighted by Gasteiger charge is -2.35. The highest BCUT2D eigenvalue weighted by Gasteiger charge is 2.43. The highest BCUT2D eigenvalue weighted by molar-refractivity contribution is 6.03. The minimum absolute atomic E-state index is 0.00792. The second-order valence-corrected chi connectivity index (χ2v) is 9.29. The van der Waals surface area contributed by atoms with Crippen LogP contribution in [0.3, 0.4) is 0 Å². The number of hydrogen-bond donors (Lipinski definition) is 0. The van der Waals surface area contributed by atoms with E-state index in [1.54, 1.807) is 6.08 Å². The Balaban J connectivity index is 1.19. The van der Waals surface area contributed by atoms with E-state index in [4.69, 9.17) is 0 Å². The number of hydrogen-bond acceptors (Lipinski definition) is 2. The SMILES string of the molecule is O=C1c2cccc3c2C(CCC3)C1CC1CCN(CC2C=CC=C(F)C2)CC1. The molecule has 0 spiro atoms. The zero-order chi connectivity index (χ0) is 19.1. The smallest absolute Gasteiger partial charge is 0.166 e. The molecule has 4 aliphatic rings. The van der Waals surface area contributed by atoms with Crippen molar-refractivity contribution in [2.45, 2.75) is 50.9 Å². The number of Topliss-reactive ketones (excluding diaryl/α,β-unsaturated/α-hetero) is 1. The summed E-state index contributed by atoms with van der Waals surface area (Å²) >= 11 is 0. The Kier molecular flexibility index (Phi) is 4.96. The summed E-state index contributed by atoms with van der Waals surface area (Å²) in [5.74, 6) is 2.09. The van der Waals surface area contributed by atoms with Gasteiger partial charge in [0.2, 0.25) is 0 Å². The zero-order valence-electron chi connectivity index (χ0n) is 16.6. The molecule has 0 saturated carbocycles. The Hall–Kier alpha value is -1.74. The first kappa shape index (κ1) is 18.3. The van der Waals surface area contributed by atoms with Gasteiger partial charge in [-0.1, -0.05) is 30.4 Å². The maximum absolute atomic E-state index is 13.5. The van der Waals surface area contributed by atoms with Gasteiger partial charge in [0.15, 0.2) is 5.78 Å². The molecular weight excluding hydrogens is 349 g/mol. The molecule has 0 aromatic heterocycles. The van der Waals surface area contributed by atoms with Gasteiger partial charge >= 0.3 is 0 Å². The summed E-state index contributed by atoms with van der Waals surface area (Å²) in [6.45, 7) is 3.14. The van der Waals surface area contributed by atoms with Gasteiger partial charge in [-0.25, -0.2) is 4.39 Å². The van der Waals surface area contributed by atoms with Crippen LogP contribution in [0, 0.1) is 17.8 Å². The number of piperidine rings is 1. The van der Waals surface area contributed by atoms with Crippen LogP contribution in [0.5, 0.6) is 0 Å². The quantitative estimate of drug-likeness (QED) is 0.693. The van der Waals surface area contributed by atoms with Gasteiger partial charge in [0.25, 0.3) is 0 Å². The number of benzene rings is 1. The van der Waals surface area contributed by atoms with E-state index in [0.29, 0.717) is 30.0 Å². The summed E-state index contributed by atoms with van der Waals surface area (Å²) in [7, 11) is 0. The third kappa shape index (κ3) is 3.39. The number of rotatable bonds is 4. The number of halogens is 1. The highest BCUT2D eigenvalue weighted by Crippen LogP contribution is 2.48. The monoisotopic (exact) mass is 379 g/mol. The van der Waals surface area contributed by atoms with Crippen LogP contribution in [-0.2, 0) is 6.42 Å². The summed E-state index contributed by atoms with van der Waals surface area (Å²) in [4.78, 5) is 15.6. The number of allylic oxidation sites excluding steroid dienone is 3. The molecular formula is C25H30FNO. The van der Waals surface area contributed by atoms with E-state index in [9.17, 15) is 9.18 Å². The van der Waals surface area contributed by atoms with E-state index in [1.165, 1.54) is 36.8 Å². The topological polar surface area (TPSA) is 20.3 Å². The standard InChI is InChI=1S/C25H30FNO/c26-20-7-1-4-18(14-20)16-27-12-10-17(11-13-27)15-23-21-8-2-5-19-6-3-9-22(24(19)21)25(23)28/h1,3-4,6-7,9,17-18,21,23H,2,5,8,10-16H2. The molecule has 28 heavy (non-hydrogen) atoms. The molecule has 0 N–H and O–H groups in total. The molecule has 1 aliphatic heterocycles. The van der Waals surface area contributed by atoms with Gasteiger partial charge in [-0.2, -0.15) is 0 Å². The second-order valence-electron chi connectivity index (χ2n) is 9.29. The van der Waals surface area contributed by atoms with E-state index in [0.717, 1.165) is 38.0 Å². The number of likely N-dealkylation sites (tertiary alicyclic amines) is 1. The molecule has 1 aromatic rings. The molecule has 0 bridgehead atoms. The number of aryl methyl sites for hydroxylation is 1. The average Bonchev–Trinajstić information content (AvgIpc) is 2.98. The highest BCUT2D eigenvalue weighted by atomic mass is 19.1. The van der Waals surface area contributed by atoms with Gasteiger partial charge in [-0.3, -0.25) is 4.79 Å². The third-order valence-corrected chi connectivity index (χ3v) is 7.52. The predicted octanol–water partition coefficient (Wildman–Crippen LogP) is 5.45. The summed E-state index contributed by atoms with van der Waals surface area (Å²) in [5.41, 5.74) is 3.87. The minimum Gasteiger partial charge on any atom is -0.303 e. The van der Waals surface area contributed by atoms with Gasteiger partial charge in [-0.15, -0.1) is 0 Å². The first-order chi connectivity index (χ1) is 13.7. The predicted molar refractivity (Wildman–Crippen MR) is 110 cm³/mol. The van der Waals surface area contributed by atoms with Crippen molar-refractivity contribution < 1.29 is 9.18 Å². The van der Waals surface area contributed by atoms with Crippen molar-refractivity contribution in [3.63, 3.8) is 0 Å². The van der Waals surface area contributed by atoms with Crippen LogP contribution in [0.2, 0.25) is 0 Å². The van der Waals surface area contributed by atoms with Crippen LogP contribution in [0.1, 0.15) is 65.9 Å². The minimum atomic E-state index is 0.00792. The van der Waals surface area contributed by atoms with E-state index < -0.39 is 0 Å². The van der Waals surface area contributed by atoms with Gasteiger partial charge in [-0.05, 0) is 86.6 Å². The van der Waals surface area contributed by atoms with Crippen molar-refractivity contribution >= 4 is 5.78 Å². The van der Waals surface area contributed by atoms with Crippen LogP contribution >= 0.6 is 0 Å². The lowest BCUT2D eigenvalue weighted by molar-refractivity contribution is 0.0869. The van der Waals surface area contributed by atoms with Crippen molar-refractivity contribution in [1.82, 2.24) is 4.90 Å². The van der Waals surface area contributed by atoms with E-state index in [2.05, 4.69) is 29.2 Å². The number of carbonyl (C=O) groups is 1. The fourth-order valence-electron chi connectivity index (χ4n) is 6.12. The first-order valence-electron chi connectivity index (χ1n) is 11.1.